The van der Waals surface area contributed by atoms with E-state index in [1.165, 1.54) is 108 Å². The zero-order valence-corrected chi connectivity index (χ0v) is 25.5. The van der Waals surface area contributed by atoms with Crippen molar-refractivity contribution in [2.24, 2.45) is 17.8 Å². The highest BCUT2D eigenvalue weighted by Crippen LogP contribution is 2.34. The van der Waals surface area contributed by atoms with E-state index in [0.717, 1.165) is 35.4 Å². The van der Waals surface area contributed by atoms with Crippen molar-refractivity contribution in [3.05, 3.63) is 36.2 Å². The molecule has 2 aromatic heterocycles. The van der Waals surface area contributed by atoms with Gasteiger partial charge in [0, 0.05) is 23.5 Å². The van der Waals surface area contributed by atoms with E-state index in [1.807, 2.05) is 18.3 Å². The average Bonchev–Trinajstić information content (AvgIpc) is 3.75. The first-order valence-electron chi connectivity index (χ1n) is 15.6. The molecule has 0 amide bonds. The van der Waals surface area contributed by atoms with Gasteiger partial charge in [0.15, 0.2) is 0 Å². The second-order valence-electron chi connectivity index (χ2n) is 11.8. The molecule has 1 fully saturated rings. The van der Waals surface area contributed by atoms with Gasteiger partial charge < -0.3 is 4.43 Å². The Balaban J connectivity index is 1.25. The van der Waals surface area contributed by atoms with Crippen molar-refractivity contribution in [2.45, 2.75) is 130 Å². The molecule has 37 heavy (non-hydrogen) atoms. The van der Waals surface area contributed by atoms with Gasteiger partial charge in [-0.3, -0.25) is 4.98 Å². The molecule has 5 heteroatoms. The predicted octanol–water partition coefficient (Wildman–Crippen LogP) is 8.74. The first-order chi connectivity index (χ1) is 18.1. The quantitative estimate of drug-likeness (QED) is 0.121. The molecule has 0 aliphatic heterocycles. The maximum absolute atomic E-state index is 6.01. The summed E-state index contributed by atoms with van der Waals surface area (Å²) in [5.74, 6) is 3.37. The summed E-state index contributed by atoms with van der Waals surface area (Å²) in [7, 11) is -0.610. The molecule has 1 aliphatic rings. The lowest BCUT2D eigenvalue weighted by Gasteiger charge is -2.15. The van der Waals surface area contributed by atoms with Gasteiger partial charge in [-0.05, 0) is 54.8 Å². The summed E-state index contributed by atoms with van der Waals surface area (Å²) in [5.41, 5.74) is 3.07. The summed E-state index contributed by atoms with van der Waals surface area (Å²) in [4.78, 5) is 4.68. The van der Waals surface area contributed by atoms with E-state index in [-0.39, 0.29) is 0 Å². The molecule has 1 aliphatic carbocycles. The summed E-state index contributed by atoms with van der Waals surface area (Å²) in [6.07, 6.45) is 23.9. The Morgan fingerprint density at radius 1 is 0.838 bits per heavy atom. The summed E-state index contributed by atoms with van der Waals surface area (Å²) < 4.78 is 6.01. The smallest absolute Gasteiger partial charge is 0.221 e. The molecule has 0 spiro atoms. The van der Waals surface area contributed by atoms with Gasteiger partial charge in [0.2, 0.25) is 15.6 Å². The average molecular weight is 524 g/mol. The molecule has 0 aromatic carbocycles. The van der Waals surface area contributed by atoms with Crippen molar-refractivity contribution in [3.8, 4) is 17.1 Å². The lowest BCUT2D eigenvalue weighted by Crippen LogP contribution is -2.09. The molecule has 3 rings (SSSR count). The topological polar surface area (TPSA) is 47.9 Å². The minimum absolute atomic E-state index is 0.610. The molecule has 0 N–H and O–H groups in total. The van der Waals surface area contributed by atoms with Crippen molar-refractivity contribution in [1.82, 2.24) is 15.2 Å². The molecule has 2 unspecified atom stereocenters. The number of rotatable bonds is 21. The van der Waals surface area contributed by atoms with E-state index in [0.29, 0.717) is 5.88 Å². The number of pyridine rings is 1. The zero-order valence-electron chi connectivity index (χ0n) is 24.1. The Labute approximate surface area is 229 Å². The fourth-order valence-corrected chi connectivity index (χ4v) is 6.25. The van der Waals surface area contributed by atoms with Crippen LogP contribution < -0.4 is 4.43 Å². The number of aromatic nitrogens is 3. The molecule has 2 heterocycles. The Morgan fingerprint density at radius 3 is 2.27 bits per heavy atom. The highest BCUT2D eigenvalue weighted by Gasteiger charge is 2.19. The van der Waals surface area contributed by atoms with Crippen molar-refractivity contribution in [2.75, 3.05) is 0 Å². The van der Waals surface area contributed by atoms with Crippen molar-refractivity contribution in [1.29, 1.82) is 0 Å². The largest absolute Gasteiger partial charge is 0.535 e. The van der Waals surface area contributed by atoms with E-state index in [1.54, 1.807) is 0 Å². The number of aryl methyl sites for hydroxylation is 1. The van der Waals surface area contributed by atoms with Crippen LogP contribution in [0, 0.1) is 17.8 Å². The Kier molecular flexibility index (Phi) is 14.3. The maximum Gasteiger partial charge on any atom is 0.221 e. The van der Waals surface area contributed by atoms with Crippen molar-refractivity contribution < 1.29 is 4.43 Å². The highest BCUT2D eigenvalue weighted by atomic mass is 28.2. The van der Waals surface area contributed by atoms with Gasteiger partial charge in [-0.1, -0.05) is 111 Å². The molecule has 1 saturated carbocycles. The van der Waals surface area contributed by atoms with Crippen LogP contribution in [0.5, 0.6) is 5.88 Å². The molecule has 4 nitrogen and oxygen atoms in total. The number of unbranched alkanes of at least 4 members (excludes halogenated alkanes) is 7. The number of hydrogen-bond acceptors (Lipinski definition) is 4. The zero-order chi connectivity index (χ0) is 26.1. The normalized spacial score (nSPS) is 15.3. The monoisotopic (exact) mass is 523 g/mol. The molecular weight excluding hydrogens is 470 g/mol. The fourth-order valence-electron chi connectivity index (χ4n) is 5.08. The first-order valence-corrected chi connectivity index (χ1v) is 17.1. The molecular formula is C32H53N3OSi. The van der Waals surface area contributed by atoms with Crippen LogP contribution in [0.2, 0.25) is 6.04 Å². The van der Waals surface area contributed by atoms with Crippen LogP contribution in [0.1, 0.15) is 123 Å². The van der Waals surface area contributed by atoms with Gasteiger partial charge in [-0.15, -0.1) is 10.2 Å². The standard InChI is InChI=1S/C32H53N3OSi/c1-4-5-13-26(2)16-17-27(3)25-37-36-32-23-22-31(34-35-32)29-20-21-30(33-24-29)15-12-10-8-6-7-9-11-14-28-18-19-28/h20-24,26-28H,4-19,25,37H2,1-3H3. The summed E-state index contributed by atoms with van der Waals surface area (Å²) in [5, 5.41) is 8.73. The third-order valence-corrected chi connectivity index (χ3v) is 9.79. The van der Waals surface area contributed by atoms with Crippen LogP contribution in [-0.4, -0.2) is 24.9 Å². The molecule has 0 bridgehead atoms. The Bertz CT molecular complexity index is 838. The van der Waals surface area contributed by atoms with E-state index in [2.05, 4.69) is 48.1 Å². The van der Waals surface area contributed by atoms with Crippen LogP contribution in [0.3, 0.4) is 0 Å². The third-order valence-electron chi connectivity index (χ3n) is 8.07. The lowest BCUT2D eigenvalue weighted by atomic mass is 9.95. The van der Waals surface area contributed by atoms with E-state index >= 15 is 0 Å². The van der Waals surface area contributed by atoms with E-state index in [4.69, 9.17) is 4.43 Å². The van der Waals surface area contributed by atoms with Crippen LogP contribution in [0.15, 0.2) is 30.5 Å². The molecule has 0 saturated heterocycles. The predicted molar refractivity (Wildman–Crippen MR) is 160 cm³/mol. The third kappa shape index (κ3) is 13.0. The highest BCUT2D eigenvalue weighted by molar-refractivity contribution is 6.28. The first kappa shape index (κ1) is 29.8. The van der Waals surface area contributed by atoms with Crippen LogP contribution in [-0.2, 0) is 6.42 Å². The van der Waals surface area contributed by atoms with Gasteiger partial charge in [0.05, 0.1) is 5.69 Å². The maximum atomic E-state index is 6.01. The molecule has 0 radical (unpaired) electrons. The molecule has 2 atom stereocenters. The minimum atomic E-state index is -0.610. The number of nitrogens with zero attached hydrogens (tertiary/aromatic N) is 3. The number of hydrogen-bond donors (Lipinski definition) is 0. The summed E-state index contributed by atoms with van der Waals surface area (Å²) in [6.45, 7) is 7.05. The van der Waals surface area contributed by atoms with Crippen LogP contribution >= 0.6 is 0 Å². The summed E-state index contributed by atoms with van der Waals surface area (Å²) in [6, 6.07) is 9.46. The Hall–Kier alpha value is -1.75. The van der Waals surface area contributed by atoms with Gasteiger partial charge in [0.1, 0.15) is 0 Å². The van der Waals surface area contributed by atoms with Crippen molar-refractivity contribution >= 4 is 9.76 Å². The van der Waals surface area contributed by atoms with Crippen LogP contribution in [0.25, 0.3) is 11.3 Å². The van der Waals surface area contributed by atoms with Crippen LogP contribution in [0.4, 0.5) is 0 Å². The van der Waals surface area contributed by atoms with Gasteiger partial charge >= 0.3 is 0 Å². The van der Waals surface area contributed by atoms with Crippen molar-refractivity contribution in [3.63, 3.8) is 0 Å². The second kappa shape index (κ2) is 17.7. The Morgan fingerprint density at radius 2 is 1.59 bits per heavy atom. The SMILES string of the molecule is CCCCC(C)CCC(C)C[SiH2]Oc1ccc(-c2ccc(CCCCCCCCCC3CC3)nc2)nn1. The molecule has 206 valence electrons. The lowest BCUT2D eigenvalue weighted by molar-refractivity contribution is 0.412. The van der Waals surface area contributed by atoms with Gasteiger partial charge in [-0.2, -0.15) is 0 Å². The second-order valence-corrected chi connectivity index (χ2v) is 13.1. The summed E-state index contributed by atoms with van der Waals surface area (Å²) >= 11 is 0. The van der Waals surface area contributed by atoms with E-state index < -0.39 is 9.76 Å². The van der Waals surface area contributed by atoms with E-state index in [9.17, 15) is 0 Å². The minimum Gasteiger partial charge on any atom is -0.535 e. The molecule has 2 aromatic rings. The van der Waals surface area contributed by atoms with Gasteiger partial charge in [0.25, 0.3) is 0 Å². The fraction of sp³-hybridized carbons (Fsp3) is 0.719. The van der Waals surface area contributed by atoms with Gasteiger partial charge in [-0.25, -0.2) is 0 Å².